The van der Waals surface area contributed by atoms with E-state index in [0.717, 1.165) is 42.7 Å². The number of hydrogen-bond acceptors (Lipinski definition) is 4. The molecule has 1 unspecified atom stereocenters. The highest BCUT2D eigenvalue weighted by molar-refractivity contribution is 5.70. The van der Waals surface area contributed by atoms with Gasteiger partial charge in [-0.15, -0.1) is 0 Å². The van der Waals surface area contributed by atoms with Crippen molar-refractivity contribution in [1.82, 2.24) is 5.16 Å². The molecule has 0 spiro atoms. The molecule has 0 aliphatic heterocycles. The molecule has 3 aromatic carbocycles. The highest BCUT2D eigenvalue weighted by atomic mass is 16.5. The van der Waals surface area contributed by atoms with E-state index < -0.39 is 0 Å². The van der Waals surface area contributed by atoms with Crippen LogP contribution in [0.4, 0.5) is 0 Å². The van der Waals surface area contributed by atoms with Crippen LogP contribution in [0.3, 0.4) is 0 Å². The number of esters is 1. The fourth-order valence-electron chi connectivity index (χ4n) is 4.94. The van der Waals surface area contributed by atoms with Crippen LogP contribution in [0.2, 0.25) is 0 Å². The lowest BCUT2D eigenvalue weighted by atomic mass is 9.81. The second kappa shape index (κ2) is 9.45. The predicted molar refractivity (Wildman–Crippen MR) is 127 cm³/mol. The van der Waals surface area contributed by atoms with Crippen LogP contribution in [0, 0.1) is 5.92 Å². The standard InChI is InChI=1S/C29H27NO3/c1-20(31)32-28-14-8-13-24-17-21(15-16-26(24)28)18-25-19-27(30-33-25)29(22-9-4-2-5-10-22)23-11-6-3-7-12-23/h2-14,19,21,29H,15-18H2,1H3. The molecule has 0 saturated carbocycles. The number of fused-ring (bicyclic) bond motifs is 1. The Morgan fingerprint density at radius 1 is 1.00 bits per heavy atom. The minimum Gasteiger partial charge on any atom is -0.426 e. The van der Waals surface area contributed by atoms with Gasteiger partial charge in [-0.25, -0.2) is 0 Å². The molecule has 5 rings (SSSR count). The van der Waals surface area contributed by atoms with Gasteiger partial charge in [0, 0.05) is 19.4 Å². The minimum absolute atomic E-state index is 0.0447. The zero-order valence-corrected chi connectivity index (χ0v) is 18.7. The maximum Gasteiger partial charge on any atom is 0.308 e. The van der Waals surface area contributed by atoms with Crippen LogP contribution < -0.4 is 4.74 Å². The van der Waals surface area contributed by atoms with Gasteiger partial charge in [0.15, 0.2) is 0 Å². The van der Waals surface area contributed by atoms with Crippen molar-refractivity contribution in [1.29, 1.82) is 0 Å². The maximum atomic E-state index is 11.4. The SMILES string of the molecule is CC(=O)Oc1cccc2c1CCC(Cc1cc(C(c3ccccc3)c3ccccc3)no1)C2. The van der Waals surface area contributed by atoms with Gasteiger partial charge >= 0.3 is 5.97 Å². The Bertz CT molecular complexity index is 1190. The Labute approximate surface area is 194 Å². The number of carbonyl (C=O) groups is 1. The van der Waals surface area contributed by atoms with Gasteiger partial charge in [0.05, 0.1) is 11.6 Å². The van der Waals surface area contributed by atoms with Gasteiger partial charge in [-0.3, -0.25) is 4.79 Å². The average Bonchev–Trinajstić information content (AvgIpc) is 3.28. The van der Waals surface area contributed by atoms with E-state index in [1.54, 1.807) is 0 Å². The number of nitrogens with zero attached hydrogens (tertiary/aromatic N) is 1. The molecule has 33 heavy (non-hydrogen) atoms. The summed E-state index contributed by atoms with van der Waals surface area (Å²) >= 11 is 0. The van der Waals surface area contributed by atoms with Gasteiger partial charge in [-0.1, -0.05) is 78.0 Å². The zero-order chi connectivity index (χ0) is 22.6. The number of aromatic nitrogens is 1. The normalized spacial score (nSPS) is 15.3. The third kappa shape index (κ3) is 4.75. The van der Waals surface area contributed by atoms with E-state index >= 15 is 0 Å². The molecular formula is C29H27NO3. The van der Waals surface area contributed by atoms with E-state index in [2.05, 4.69) is 65.8 Å². The van der Waals surface area contributed by atoms with E-state index in [9.17, 15) is 4.79 Å². The van der Waals surface area contributed by atoms with E-state index in [0.29, 0.717) is 11.7 Å². The van der Waals surface area contributed by atoms with Crippen LogP contribution >= 0.6 is 0 Å². The summed E-state index contributed by atoms with van der Waals surface area (Å²) in [5, 5.41) is 4.49. The molecule has 4 heteroatoms. The van der Waals surface area contributed by atoms with Crippen LogP contribution in [0.25, 0.3) is 0 Å². The van der Waals surface area contributed by atoms with Gasteiger partial charge in [0.25, 0.3) is 0 Å². The second-order valence-corrected chi connectivity index (χ2v) is 8.77. The molecule has 0 N–H and O–H groups in total. The Morgan fingerprint density at radius 3 is 2.36 bits per heavy atom. The first kappa shape index (κ1) is 21.2. The smallest absolute Gasteiger partial charge is 0.308 e. The van der Waals surface area contributed by atoms with Gasteiger partial charge in [-0.2, -0.15) is 0 Å². The largest absolute Gasteiger partial charge is 0.426 e. The molecule has 1 aliphatic carbocycles. The van der Waals surface area contributed by atoms with Gasteiger partial charge in [0.2, 0.25) is 0 Å². The van der Waals surface area contributed by atoms with Crippen LogP contribution in [-0.4, -0.2) is 11.1 Å². The first-order chi connectivity index (χ1) is 16.2. The zero-order valence-electron chi connectivity index (χ0n) is 18.7. The predicted octanol–water partition coefficient (Wildman–Crippen LogP) is 6.13. The van der Waals surface area contributed by atoms with Crippen molar-refractivity contribution in [3.05, 3.63) is 119 Å². The first-order valence-electron chi connectivity index (χ1n) is 11.5. The van der Waals surface area contributed by atoms with Gasteiger partial charge in [0.1, 0.15) is 11.5 Å². The fraction of sp³-hybridized carbons (Fsp3) is 0.241. The van der Waals surface area contributed by atoms with Crippen molar-refractivity contribution in [2.75, 3.05) is 0 Å². The summed E-state index contributed by atoms with van der Waals surface area (Å²) in [5.41, 5.74) is 5.77. The molecule has 4 nitrogen and oxygen atoms in total. The van der Waals surface area contributed by atoms with Crippen LogP contribution in [0.15, 0.2) is 89.5 Å². The van der Waals surface area contributed by atoms with E-state index in [1.165, 1.54) is 23.6 Å². The molecule has 1 aliphatic rings. The molecule has 4 aromatic rings. The van der Waals surface area contributed by atoms with Crippen LogP contribution in [0.1, 0.15) is 53.0 Å². The Kier molecular flexibility index (Phi) is 6.07. The monoisotopic (exact) mass is 437 g/mol. The van der Waals surface area contributed by atoms with Crippen molar-refractivity contribution < 1.29 is 14.1 Å². The lowest BCUT2D eigenvalue weighted by Crippen LogP contribution is -2.17. The quantitative estimate of drug-likeness (QED) is 0.269. The summed E-state index contributed by atoms with van der Waals surface area (Å²) in [6.45, 7) is 1.45. The number of hydrogen-bond donors (Lipinski definition) is 0. The van der Waals surface area contributed by atoms with Crippen molar-refractivity contribution in [3.8, 4) is 5.75 Å². The Morgan fingerprint density at radius 2 is 1.70 bits per heavy atom. The van der Waals surface area contributed by atoms with Crippen molar-refractivity contribution >= 4 is 5.97 Å². The summed E-state index contributed by atoms with van der Waals surface area (Å²) in [6, 6.07) is 29.0. The maximum absolute atomic E-state index is 11.4. The van der Waals surface area contributed by atoms with Crippen molar-refractivity contribution in [2.45, 2.75) is 38.5 Å². The second-order valence-electron chi connectivity index (χ2n) is 8.77. The number of carbonyl (C=O) groups excluding carboxylic acids is 1. The lowest BCUT2D eigenvalue weighted by molar-refractivity contribution is -0.131. The molecule has 0 fully saturated rings. The molecule has 166 valence electrons. The minimum atomic E-state index is -0.272. The number of benzene rings is 3. The average molecular weight is 438 g/mol. The van der Waals surface area contributed by atoms with Crippen LogP contribution in [0.5, 0.6) is 5.75 Å². The Hall–Kier alpha value is -3.66. The summed E-state index contributed by atoms with van der Waals surface area (Å²) in [7, 11) is 0. The molecule has 0 radical (unpaired) electrons. The summed E-state index contributed by atoms with van der Waals surface area (Å²) in [4.78, 5) is 11.4. The molecule has 1 heterocycles. The molecule has 1 aromatic heterocycles. The van der Waals surface area contributed by atoms with Crippen molar-refractivity contribution in [3.63, 3.8) is 0 Å². The topological polar surface area (TPSA) is 52.3 Å². The van der Waals surface area contributed by atoms with Crippen LogP contribution in [-0.2, 0) is 24.1 Å². The summed E-state index contributed by atoms with van der Waals surface area (Å²) < 4.78 is 11.2. The number of rotatable bonds is 6. The highest BCUT2D eigenvalue weighted by Crippen LogP contribution is 2.35. The first-order valence-corrected chi connectivity index (χ1v) is 11.5. The highest BCUT2D eigenvalue weighted by Gasteiger charge is 2.25. The van der Waals surface area contributed by atoms with Gasteiger partial charge < -0.3 is 9.26 Å². The molecule has 0 saturated heterocycles. The van der Waals surface area contributed by atoms with E-state index in [-0.39, 0.29) is 11.9 Å². The van der Waals surface area contributed by atoms with Gasteiger partial charge in [-0.05, 0) is 53.5 Å². The third-order valence-corrected chi connectivity index (χ3v) is 6.42. The summed E-state index contributed by atoms with van der Waals surface area (Å²) in [5.74, 6) is 1.87. The van der Waals surface area contributed by atoms with Crippen molar-refractivity contribution in [2.24, 2.45) is 5.92 Å². The molecule has 1 atom stereocenters. The lowest BCUT2D eigenvalue weighted by Gasteiger charge is -2.25. The Balaban J connectivity index is 1.35. The number of ether oxygens (including phenoxy) is 1. The fourth-order valence-corrected chi connectivity index (χ4v) is 4.94. The van der Waals surface area contributed by atoms with E-state index in [1.807, 2.05) is 24.3 Å². The molecule has 0 bridgehead atoms. The summed E-state index contributed by atoms with van der Waals surface area (Å²) in [6.07, 6.45) is 3.73. The molecule has 0 amide bonds. The molecular weight excluding hydrogens is 410 g/mol. The third-order valence-electron chi connectivity index (χ3n) is 6.42. The van der Waals surface area contributed by atoms with E-state index in [4.69, 9.17) is 9.26 Å².